The Hall–Kier alpha value is -1.42. The van der Waals surface area contributed by atoms with Crippen LogP contribution < -0.4 is 10.2 Å². The highest BCUT2D eigenvalue weighted by Gasteiger charge is 2.23. The SMILES string of the molecule is O=C(CC1CCCC1)NC(=S)N1CCCc2ccccc21. The minimum absolute atomic E-state index is 0.0787. The molecule has 0 bridgehead atoms. The average molecular weight is 302 g/mol. The number of nitrogens with zero attached hydrogens (tertiary/aromatic N) is 1. The molecule has 1 saturated carbocycles. The molecule has 1 amide bonds. The fourth-order valence-corrected chi connectivity index (χ4v) is 3.76. The number of anilines is 1. The van der Waals surface area contributed by atoms with Gasteiger partial charge in [0.25, 0.3) is 0 Å². The lowest BCUT2D eigenvalue weighted by Crippen LogP contribution is -2.45. The first-order valence-corrected chi connectivity index (χ1v) is 8.34. The van der Waals surface area contributed by atoms with Crippen LogP contribution in [0.5, 0.6) is 0 Å². The molecule has 3 rings (SSSR count). The Labute approximate surface area is 131 Å². The number of benzene rings is 1. The number of aryl methyl sites for hydroxylation is 1. The van der Waals surface area contributed by atoms with Crippen LogP contribution >= 0.6 is 12.2 Å². The van der Waals surface area contributed by atoms with Gasteiger partial charge >= 0.3 is 0 Å². The number of hydrogen-bond acceptors (Lipinski definition) is 2. The largest absolute Gasteiger partial charge is 0.318 e. The minimum atomic E-state index is 0.0787. The third kappa shape index (κ3) is 3.43. The number of fused-ring (bicyclic) bond motifs is 1. The number of carbonyl (C=O) groups is 1. The van der Waals surface area contributed by atoms with Crippen molar-refractivity contribution in [3.05, 3.63) is 29.8 Å². The molecule has 1 heterocycles. The highest BCUT2D eigenvalue weighted by atomic mass is 32.1. The van der Waals surface area contributed by atoms with Gasteiger partial charge in [0, 0.05) is 18.7 Å². The zero-order chi connectivity index (χ0) is 14.7. The molecule has 0 spiro atoms. The molecule has 112 valence electrons. The molecule has 3 nitrogen and oxygen atoms in total. The number of thiocarbonyl (C=S) groups is 1. The lowest BCUT2D eigenvalue weighted by molar-refractivity contribution is -0.120. The van der Waals surface area contributed by atoms with Crippen LogP contribution in [0.25, 0.3) is 0 Å². The van der Waals surface area contributed by atoms with Gasteiger partial charge in [-0.2, -0.15) is 0 Å². The number of rotatable bonds is 2. The second-order valence-corrected chi connectivity index (χ2v) is 6.48. The maximum Gasteiger partial charge on any atom is 0.226 e. The van der Waals surface area contributed by atoms with Crippen LogP contribution in [0.15, 0.2) is 24.3 Å². The van der Waals surface area contributed by atoms with E-state index in [2.05, 4.69) is 28.4 Å². The second-order valence-electron chi connectivity index (χ2n) is 6.09. The third-order valence-electron chi connectivity index (χ3n) is 4.55. The van der Waals surface area contributed by atoms with E-state index in [1.165, 1.54) is 31.2 Å². The first-order chi connectivity index (χ1) is 10.2. The summed E-state index contributed by atoms with van der Waals surface area (Å²) < 4.78 is 0. The first kappa shape index (κ1) is 14.5. The molecular formula is C17H22N2OS. The molecule has 1 aromatic rings. The summed E-state index contributed by atoms with van der Waals surface area (Å²) in [5.74, 6) is 0.636. The summed E-state index contributed by atoms with van der Waals surface area (Å²) >= 11 is 5.46. The van der Waals surface area contributed by atoms with E-state index in [1.54, 1.807) is 0 Å². The fraction of sp³-hybridized carbons (Fsp3) is 0.529. The predicted molar refractivity (Wildman–Crippen MR) is 89.4 cm³/mol. The Morgan fingerprint density at radius 2 is 2.00 bits per heavy atom. The van der Waals surface area contributed by atoms with Gasteiger partial charge in [-0.3, -0.25) is 4.79 Å². The molecule has 0 unspecified atom stereocenters. The van der Waals surface area contributed by atoms with Crippen molar-refractivity contribution in [2.75, 3.05) is 11.4 Å². The summed E-state index contributed by atoms with van der Waals surface area (Å²) in [5.41, 5.74) is 2.46. The van der Waals surface area contributed by atoms with E-state index < -0.39 is 0 Å². The Morgan fingerprint density at radius 1 is 1.24 bits per heavy atom. The van der Waals surface area contributed by atoms with E-state index in [0.29, 0.717) is 17.5 Å². The molecule has 4 heteroatoms. The smallest absolute Gasteiger partial charge is 0.226 e. The van der Waals surface area contributed by atoms with Crippen molar-refractivity contribution in [1.82, 2.24) is 5.32 Å². The van der Waals surface area contributed by atoms with Gasteiger partial charge in [0.1, 0.15) is 0 Å². The molecule has 1 aliphatic carbocycles. The van der Waals surface area contributed by atoms with Gasteiger partial charge in [0.15, 0.2) is 5.11 Å². The van der Waals surface area contributed by atoms with Crippen molar-refractivity contribution >= 4 is 28.9 Å². The van der Waals surface area contributed by atoms with Crippen LogP contribution in [-0.4, -0.2) is 17.6 Å². The summed E-state index contributed by atoms with van der Waals surface area (Å²) in [4.78, 5) is 14.2. The van der Waals surface area contributed by atoms with Gasteiger partial charge in [-0.15, -0.1) is 0 Å². The minimum Gasteiger partial charge on any atom is -0.318 e. The lowest BCUT2D eigenvalue weighted by Gasteiger charge is -2.31. The molecule has 0 atom stereocenters. The normalized spacial score (nSPS) is 18.4. The van der Waals surface area contributed by atoms with Gasteiger partial charge in [0.2, 0.25) is 5.91 Å². The van der Waals surface area contributed by atoms with Crippen LogP contribution in [0.1, 0.15) is 44.1 Å². The highest BCUT2D eigenvalue weighted by Crippen LogP contribution is 2.28. The van der Waals surface area contributed by atoms with E-state index in [4.69, 9.17) is 12.2 Å². The molecule has 1 N–H and O–H groups in total. The third-order valence-corrected chi connectivity index (χ3v) is 4.87. The molecule has 1 fully saturated rings. The van der Waals surface area contributed by atoms with E-state index in [9.17, 15) is 4.79 Å². The van der Waals surface area contributed by atoms with E-state index in [-0.39, 0.29) is 5.91 Å². The van der Waals surface area contributed by atoms with Gasteiger partial charge in [-0.05, 0) is 55.4 Å². The molecule has 0 aromatic heterocycles. The predicted octanol–water partition coefficient (Wildman–Crippen LogP) is 3.42. The zero-order valence-electron chi connectivity index (χ0n) is 12.3. The van der Waals surface area contributed by atoms with Crippen molar-refractivity contribution in [2.24, 2.45) is 5.92 Å². The van der Waals surface area contributed by atoms with Crippen molar-refractivity contribution in [1.29, 1.82) is 0 Å². The Bertz CT molecular complexity index is 537. The Morgan fingerprint density at radius 3 is 2.81 bits per heavy atom. The first-order valence-electron chi connectivity index (χ1n) is 7.93. The monoisotopic (exact) mass is 302 g/mol. The molecule has 2 aliphatic rings. The highest BCUT2D eigenvalue weighted by molar-refractivity contribution is 7.80. The van der Waals surface area contributed by atoms with Crippen LogP contribution in [0, 0.1) is 5.92 Å². The van der Waals surface area contributed by atoms with Crippen LogP contribution in [0.2, 0.25) is 0 Å². The van der Waals surface area contributed by atoms with Gasteiger partial charge in [-0.25, -0.2) is 0 Å². The summed E-state index contributed by atoms with van der Waals surface area (Å²) in [7, 11) is 0. The number of nitrogens with one attached hydrogen (secondary N) is 1. The van der Waals surface area contributed by atoms with Crippen LogP contribution in [-0.2, 0) is 11.2 Å². The van der Waals surface area contributed by atoms with E-state index in [1.807, 2.05) is 6.07 Å². The number of amides is 1. The molecular weight excluding hydrogens is 280 g/mol. The number of hydrogen-bond donors (Lipinski definition) is 1. The summed E-state index contributed by atoms with van der Waals surface area (Å²) in [6, 6.07) is 8.32. The molecule has 1 aliphatic heterocycles. The quantitative estimate of drug-likeness (QED) is 0.850. The lowest BCUT2D eigenvalue weighted by atomic mass is 10.0. The summed E-state index contributed by atoms with van der Waals surface area (Å²) in [6.45, 7) is 0.888. The van der Waals surface area contributed by atoms with Crippen molar-refractivity contribution < 1.29 is 4.79 Å². The summed E-state index contributed by atoms with van der Waals surface area (Å²) in [6.07, 6.45) is 7.69. The van der Waals surface area contributed by atoms with Gasteiger partial charge in [-0.1, -0.05) is 31.0 Å². The molecule has 21 heavy (non-hydrogen) atoms. The van der Waals surface area contributed by atoms with E-state index >= 15 is 0 Å². The van der Waals surface area contributed by atoms with Crippen molar-refractivity contribution in [3.63, 3.8) is 0 Å². The van der Waals surface area contributed by atoms with Crippen molar-refractivity contribution in [3.8, 4) is 0 Å². The maximum absolute atomic E-state index is 12.1. The standard InChI is InChI=1S/C17H22N2OS/c20-16(12-13-6-1-2-7-13)18-17(21)19-11-5-9-14-8-3-4-10-15(14)19/h3-4,8,10,13H,1-2,5-7,9,11-12H2,(H,18,20,21). The van der Waals surface area contributed by atoms with E-state index in [0.717, 1.165) is 25.1 Å². The summed E-state index contributed by atoms with van der Waals surface area (Å²) in [5, 5.41) is 3.50. The molecule has 0 saturated heterocycles. The second kappa shape index (κ2) is 6.56. The van der Waals surface area contributed by atoms with Crippen molar-refractivity contribution in [2.45, 2.75) is 44.9 Å². The topological polar surface area (TPSA) is 32.3 Å². The average Bonchev–Trinajstić information content (AvgIpc) is 2.99. The van der Waals surface area contributed by atoms with Gasteiger partial charge in [0.05, 0.1) is 0 Å². The van der Waals surface area contributed by atoms with Crippen LogP contribution in [0.3, 0.4) is 0 Å². The Kier molecular flexibility index (Phi) is 4.54. The van der Waals surface area contributed by atoms with Gasteiger partial charge < -0.3 is 10.2 Å². The number of carbonyl (C=O) groups excluding carboxylic acids is 1. The Balaban J connectivity index is 1.62. The zero-order valence-corrected chi connectivity index (χ0v) is 13.1. The fourth-order valence-electron chi connectivity index (χ4n) is 3.46. The molecule has 0 radical (unpaired) electrons. The molecule has 1 aromatic carbocycles. The van der Waals surface area contributed by atoms with Crippen LogP contribution in [0.4, 0.5) is 5.69 Å². The number of para-hydroxylation sites is 1. The maximum atomic E-state index is 12.1.